The molecular weight excluding hydrogens is 605 g/mol. The molecule has 0 spiro atoms. The molecule has 4 rings (SSSR count). The van der Waals surface area contributed by atoms with Crippen molar-refractivity contribution in [2.45, 2.75) is 43.8 Å². The second-order valence-corrected chi connectivity index (χ2v) is 13.0. The summed E-state index contributed by atoms with van der Waals surface area (Å²) in [6, 6.07) is 29.4. The maximum absolute atomic E-state index is 14.4. The van der Waals surface area contributed by atoms with Crippen LogP contribution in [0.25, 0.3) is 0 Å². The van der Waals surface area contributed by atoms with Crippen molar-refractivity contribution in [1.82, 2.24) is 10.2 Å². The van der Waals surface area contributed by atoms with Gasteiger partial charge in [-0.2, -0.15) is 0 Å². The fraction of sp³-hybridized carbons (Fsp3) is 0.212. The second kappa shape index (κ2) is 14.6. The van der Waals surface area contributed by atoms with Crippen LogP contribution in [0, 0.1) is 0 Å². The Kier molecular flexibility index (Phi) is 10.9. The van der Waals surface area contributed by atoms with Gasteiger partial charge < -0.3 is 10.2 Å². The molecule has 4 aromatic carbocycles. The van der Waals surface area contributed by atoms with Gasteiger partial charge in [-0.05, 0) is 61.4 Å². The van der Waals surface area contributed by atoms with E-state index in [1.54, 1.807) is 66.7 Å². The van der Waals surface area contributed by atoms with Crippen molar-refractivity contribution in [2.24, 2.45) is 0 Å². The molecule has 0 saturated heterocycles. The van der Waals surface area contributed by atoms with E-state index in [1.807, 2.05) is 44.2 Å². The van der Waals surface area contributed by atoms with Crippen molar-refractivity contribution < 1.29 is 18.0 Å². The van der Waals surface area contributed by atoms with Crippen LogP contribution in [0.2, 0.25) is 10.0 Å². The Morgan fingerprint density at radius 1 is 0.814 bits per heavy atom. The van der Waals surface area contributed by atoms with E-state index in [0.717, 1.165) is 9.87 Å². The van der Waals surface area contributed by atoms with Crippen molar-refractivity contribution in [3.63, 3.8) is 0 Å². The van der Waals surface area contributed by atoms with Gasteiger partial charge >= 0.3 is 0 Å². The number of anilines is 1. The molecule has 0 saturated carbocycles. The molecular formula is C33H33Cl2N3O4S. The Morgan fingerprint density at radius 3 is 1.98 bits per heavy atom. The minimum absolute atomic E-state index is 0.0392. The number of nitrogens with zero attached hydrogens (tertiary/aromatic N) is 2. The molecule has 0 aromatic heterocycles. The van der Waals surface area contributed by atoms with Gasteiger partial charge in [0.15, 0.2) is 0 Å². The number of halogens is 2. The summed E-state index contributed by atoms with van der Waals surface area (Å²) in [6.45, 7) is 3.07. The summed E-state index contributed by atoms with van der Waals surface area (Å²) in [5.41, 5.74) is 1.71. The average molecular weight is 639 g/mol. The fourth-order valence-corrected chi connectivity index (χ4v) is 6.51. The largest absolute Gasteiger partial charge is 0.352 e. The van der Waals surface area contributed by atoms with E-state index in [9.17, 15) is 18.0 Å². The lowest BCUT2D eigenvalue weighted by molar-refractivity contribution is -0.140. The maximum atomic E-state index is 14.4. The maximum Gasteiger partial charge on any atom is 0.264 e. The van der Waals surface area contributed by atoms with E-state index < -0.39 is 28.5 Å². The third-order valence-electron chi connectivity index (χ3n) is 6.71. The summed E-state index contributed by atoms with van der Waals surface area (Å²) in [5.74, 6) is -0.941. The highest BCUT2D eigenvalue weighted by Gasteiger charge is 2.35. The zero-order valence-electron chi connectivity index (χ0n) is 23.9. The molecule has 0 radical (unpaired) electrons. The Hall–Kier alpha value is -3.85. The lowest BCUT2D eigenvalue weighted by Crippen LogP contribution is -2.54. The van der Waals surface area contributed by atoms with E-state index in [4.69, 9.17) is 23.2 Å². The SMILES string of the molecule is CC(C)NC(=O)[C@@H](Cc1ccccc1)N(Cc1ccc(Cl)cc1Cl)C(=O)CN(c1ccccc1)S(=O)(=O)c1ccccc1. The first-order valence-corrected chi connectivity index (χ1v) is 16.0. The van der Waals surface area contributed by atoms with Crippen molar-refractivity contribution in [3.05, 3.63) is 130 Å². The monoisotopic (exact) mass is 637 g/mol. The Labute approximate surface area is 263 Å². The lowest BCUT2D eigenvalue weighted by Gasteiger charge is -2.34. The molecule has 0 bridgehead atoms. The molecule has 0 fully saturated rings. The first-order chi connectivity index (χ1) is 20.6. The highest BCUT2D eigenvalue weighted by Crippen LogP contribution is 2.27. The van der Waals surface area contributed by atoms with Crippen LogP contribution in [0.5, 0.6) is 0 Å². The topological polar surface area (TPSA) is 86.8 Å². The van der Waals surface area contributed by atoms with Gasteiger partial charge in [-0.25, -0.2) is 8.42 Å². The Morgan fingerprint density at radius 2 is 1.40 bits per heavy atom. The number of hydrogen-bond donors (Lipinski definition) is 1. The molecule has 0 heterocycles. The number of hydrogen-bond acceptors (Lipinski definition) is 4. The molecule has 2 amide bonds. The predicted molar refractivity (Wildman–Crippen MR) is 172 cm³/mol. The summed E-state index contributed by atoms with van der Waals surface area (Å²) in [7, 11) is -4.15. The van der Waals surface area contributed by atoms with Crippen LogP contribution in [0.4, 0.5) is 5.69 Å². The quantitative estimate of drug-likeness (QED) is 0.196. The molecule has 4 aromatic rings. The number of carbonyl (C=O) groups is 2. The van der Waals surface area contributed by atoms with E-state index in [-0.39, 0.29) is 29.8 Å². The zero-order chi connectivity index (χ0) is 31.0. The highest BCUT2D eigenvalue weighted by molar-refractivity contribution is 7.92. The summed E-state index contributed by atoms with van der Waals surface area (Å²) in [5, 5.41) is 3.68. The summed E-state index contributed by atoms with van der Waals surface area (Å²) < 4.78 is 28.9. The molecule has 1 atom stereocenters. The number of benzene rings is 4. The van der Waals surface area contributed by atoms with Gasteiger partial charge in [0.05, 0.1) is 10.6 Å². The minimum atomic E-state index is -4.15. The van der Waals surface area contributed by atoms with E-state index in [1.165, 1.54) is 17.0 Å². The Bertz CT molecular complexity index is 1640. The number of sulfonamides is 1. The number of para-hydroxylation sites is 1. The Balaban J connectivity index is 1.80. The lowest BCUT2D eigenvalue weighted by atomic mass is 10.0. The van der Waals surface area contributed by atoms with Crippen LogP contribution in [0.3, 0.4) is 0 Å². The first kappa shape index (κ1) is 32.1. The van der Waals surface area contributed by atoms with Gasteiger partial charge in [0.1, 0.15) is 12.6 Å². The van der Waals surface area contributed by atoms with Gasteiger partial charge in [-0.15, -0.1) is 0 Å². The molecule has 0 aliphatic rings. The first-order valence-electron chi connectivity index (χ1n) is 13.8. The van der Waals surface area contributed by atoms with E-state index in [2.05, 4.69) is 5.32 Å². The van der Waals surface area contributed by atoms with Crippen LogP contribution < -0.4 is 9.62 Å². The summed E-state index contributed by atoms with van der Waals surface area (Å²) in [6.07, 6.45) is 0.202. The summed E-state index contributed by atoms with van der Waals surface area (Å²) >= 11 is 12.7. The molecule has 43 heavy (non-hydrogen) atoms. The van der Waals surface area contributed by atoms with Crippen molar-refractivity contribution in [2.75, 3.05) is 10.8 Å². The van der Waals surface area contributed by atoms with Gasteiger partial charge in [0, 0.05) is 29.1 Å². The van der Waals surface area contributed by atoms with E-state index in [0.29, 0.717) is 21.3 Å². The molecule has 1 N–H and O–H groups in total. The van der Waals surface area contributed by atoms with Crippen molar-refractivity contribution in [1.29, 1.82) is 0 Å². The minimum Gasteiger partial charge on any atom is -0.352 e. The summed E-state index contributed by atoms with van der Waals surface area (Å²) in [4.78, 5) is 29.5. The van der Waals surface area contributed by atoms with Crippen LogP contribution in [-0.2, 0) is 32.6 Å². The number of carbonyl (C=O) groups excluding carboxylic acids is 2. The van der Waals surface area contributed by atoms with Crippen molar-refractivity contribution in [3.8, 4) is 0 Å². The van der Waals surface area contributed by atoms with Crippen LogP contribution >= 0.6 is 23.2 Å². The van der Waals surface area contributed by atoms with Crippen LogP contribution in [-0.4, -0.2) is 43.8 Å². The third-order valence-corrected chi connectivity index (χ3v) is 9.09. The number of amides is 2. The van der Waals surface area contributed by atoms with Crippen molar-refractivity contribution >= 4 is 50.7 Å². The van der Waals surface area contributed by atoms with Gasteiger partial charge in [-0.3, -0.25) is 13.9 Å². The standard InChI is InChI=1S/C33H33Cl2N3O4S/c1-24(2)36-33(40)31(20-25-12-6-3-7-13-25)37(22-26-18-19-27(34)21-30(26)35)32(39)23-38(28-14-8-4-9-15-28)43(41,42)29-16-10-5-11-17-29/h3-19,21,24,31H,20,22-23H2,1-2H3,(H,36,40)/t31-/m1/s1. The van der Waals surface area contributed by atoms with Crippen LogP contribution in [0.15, 0.2) is 114 Å². The highest BCUT2D eigenvalue weighted by atomic mass is 35.5. The number of rotatable bonds is 12. The molecule has 0 aliphatic heterocycles. The van der Waals surface area contributed by atoms with Crippen LogP contribution in [0.1, 0.15) is 25.0 Å². The molecule has 7 nitrogen and oxygen atoms in total. The molecule has 0 aliphatic carbocycles. The molecule has 10 heteroatoms. The predicted octanol–water partition coefficient (Wildman–Crippen LogP) is 6.35. The molecule has 0 unspecified atom stereocenters. The normalized spacial score (nSPS) is 12.0. The third kappa shape index (κ3) is 8.38. The van der Waals surface area contributed by atoms with Gasteiger partial charge in [0.25, 0.3) is 10.0 Å². The molecule has 224 valence electrons. The van der Waals surface area contributed by atoms with Gasteiger partial charge in [-0.1, -0.05) is 96.0 Å². The number of nitrogens with one attached hydrogen (secondary N) is 1. The second-order valence-electron chi connectivity index (χ2n) is 10.3. The average Bonchev–Trinajstić information content (AvgIpc) is 2.99. The van der Waals surface area contributed by atoms with Gasteiger partial charge in [0.2, 0.25) is 11.8 Å². The fourth-order valence-electron chi connectivity index (χ4n) is 4.61. The zero-order valence-corrected chi connectivity index (χ0v) is 26.2. The smallest absolute Gasteiger partial charge is 0.264 e. The van der Waals surface area contributed by atoms with E-state index >= 15 is 0 Å².